The highest BCUT2D eigenvalue weighted by Crippen LogP contribution is 2.30. The molecule has 108 valence electrons. The average molecular weight is 275 g/mol. The summed E-state index contributed by atoms with van der Waals surface area (Å²) in [5, 5.41) is 3.23. The lowest BCUT2D eigenvalue weighted by molar-refractivity contribution is 0.208. The molecule has 2 unspecified atom stereocenters. The van der Waals surface area contributed by atoms with Crippen LogP contribution in [0.25, 0.3) is 0 Å². The Morgan fingerprint density at radius 1 is 1.11 bits per heavy atom. The lowest BCUT2D eigenvalue weighted by Crippen LogP contribution is -2.43. The monoisotopic (exact) mass is 275 g/mol. The zero-order valence-corrected chi connectivity index (χ0v) is 13.1. The Bertz CT molecular complexity index is 336. The Kier molecular flexibility index (Phi) is 6.12. The van der Waals surface area contributed by atoms with E-state index < -0.39 is 9.84 Å². The first-order valence-electron chi connectivity index (χ1n) is 7.29. The van der Waals surface area contributed by atoms with Crippen molar-refractivity contribution in [1.29, 1.82) is 0 Å². The van der Waals surface area contributed by atoms with Gasteiger partial charge in [0.25, 0.3) is 0 Å². The minimum atomic E-state index is -2.90. The second kappa shape index (κ2) is 6.90. The van der Waals surface area contributed by atoms with Crippen LogP contribution < -0.4 is 5.32 Å². The minimum Gasteiger partial charge on any atom is -0.313 e. The molecular weight excluding hydrogens is 246 g/mol. The summed E-state index contributed by atoms with van der Waals surface area (Å²) in [4.78, 5) is 0. The lowest BCUT2D eigenvalue weighted by Gasteiger charge is -2.35. The van der Waals surface area contributed by atoms with Crippen LogP contribution in [0.1, 0.15) is 53.4 Å². The Hall–Kier alpha value is -0.0900. The molecule has 0 aromatic heterocycles. The van der Waals surface area contributed by atoms with Crippen LogP contribution >= 0.6 is 0 Å². The first-order valence-corrected chi connectivity index (χ1v) is 9.01. The highest BCUT2D eigenvalue weighted by atomic mass is 32.2. The second-order valence-electron chi connectivity index (χ2n) is 6.17. The Labute approximate surface area is 113 Å². The van der Waals surface area contributed by atoms with Gasteiger partial charge in [-0.05, 0) is 38.5 Å². The van der Waals surface area contributed by atoms with E-state index in [9.17, 15) is 8.42 Å². The Morgan fingerprint density at radius 3 is 2.28 bits per heavy atom. The van der Waals surface area contributed by atoms with Crippen molar-refractivity contribution in [3.63, 3.8) is 0 Å². The molecule has 0 aromatic carbocycles. The molecule has 0 spiro atoms. The van der Waals surface area contributed by atoms with Gasteiger partial charge in [-0.2, -0.15) is 0 Å². The molecule has 3 nitrogen and oxygen atoms in total. The van der Waals surface area contributed by atoms with Crippen LogP contribution in [0.3, 0.4) is 0 Å². The number of hydrogen-bond donors (Lipinski definition) is 1. The largest absolute Gasteiger partial charge is 0.313 e. The van der Waals surface area contributed by atoms with Crippen molar-refractivity contribution in [3.05, 3.63) is 0 Å². The SMILES string of the molecule is CC(C)C1CCCCC1NCCS(=O)(=O)C(C)C. The van der Waals surface area contributed by atoms with Crippen LogP contribution in [-0.2, 0) is 9.84 Å². The highest BCUT2D eigenvalue weighted by molar-refractivity contribution is 7.92. The fraction of sp³-hybridized carbons (Fsp3) is 1.00. The minimum absolute atomic E-state index is 0.258. The fourth-order valence-electron chi connectivity index (χ4n) is 2.83. The van der Waals surface area contributed by atoms with E-state index >= 15 is 0 Å². The van der Waals surface area contributed by atoms with Gasteiger partial charge in [0.2, 0.25) is 0 Å². The fourth-order valence-corrected chi connectivity index (χ4v) is 3.71. The van der Waals surface area contributed by atoms with Crippen LogP contribution in [-0.4, -0.2) is 32.0 Å². The Morgan fingerprint density at radius 2 is 1.72 bits per heavy atom. The van der Waals surface area contributed by atoms with Crippen LogP contribution in [0.15, 0.2) is 0 Å². The average Bonchev–Trinajstić information content (AvgIpc) is 2.29. The molecule has 1 aliphatic rings. The molecule has 1 rings (SSSR count). The van der Waals surface area contributed by atoms with Gasteiger partial charge in [-0.25, -0.2) is 8.42 Å². The summed E-state index contributed by atoms with van der Waals surface area (Å²) in [6, 6.07) is 0.515. The molecule has 18 heavy (non-hydrogen) atoms. The van der Waals surface area contributed by atoms with E-state index in [1.54, 1.807) is 13.8 Å². The normalized spacial score (nSPS) is 25.9. The first-order chi connectivity index (χ1) is 8.34. The number of hydrogen-bond acceptors (Lipinski definition) is 3. The molecule has 1 aliphatic carbocycles. The van der Waals surface area contributed by atoms with E-state index in [1.165, 1.54) is 25.7 Å². The molecule has 0 bridgehead atoms. The summed E-state index contributed by atoms with van der Waals surface area (Å²) < 4.78 is 23.5. The van der Waals surface area contributed by atoms with E-state index in [2.05, 4.69) is 19.2 Å². The van der Waals surface area contributed by atoms with E-state index in [-0.39, 0.29) is 11.0 Å². The van der Waals surface area contributed by atoms with E-state index in [0.717, 1.165) is 0 Å². The van der Waals surface area contributed by atoms with Crippen LogP contribution in [0.2, 0.25) is 0 Å². The zero-order chi connectivity index (χ0) is 13.8. The summed E-state index contributed by atoms with van der Waals surface area (Å²) in [5.41, 5.74) is 0. The van der Waals surface area contributed by atoms with Crippen molar-refractivity contribution in [3.8, 4) is 0 Å². The van der Waals surface area contributed by atoms with Gasteiger partial charge in [0.15, 0.2) is 9.84 Å². The van der Waals surface area contributed by atoms with Gasteiger partial charge in [-0.15, -0.1) is 0 Å². The molecule has 0 aromatic rings. The van der Waals surface area contributed by atoms with Crippen molar-refractivity contribution in [2.24, 2.45) is 11.8 Å². The first kappa shape index (κ1) is 16.0. The molecule has 0 saturated heterocycles. The maximum Gasteiger partial charge on any atom is 0.153 e. The van der Waals surface area contributed by atoms with Crippen LogP contribution in [0, 0.1) is 11.8 Å². The third-order valence-electron chi connectivity index (χ3n) is 4.19. The number of sulfone groups is 1. The van der Waals surface area contributed by atoms with Gasteiger partial charge < -0.3 is 5.32 Å². The summed E-state index contributed by atoms with van der Waals surface area (Å²) in [6.07, 6.45) is 5.08. The molecule has 4 heteroatoms. The second-order valence-corrected chi connectivity index (χ2v) is 8.85. The smallest absolute Gasteiger partial charge is 0.153 e. The van der Waals surface area contributed by atoms with Crippen molar-refractivity contribution >= 4 is 9.84 Å². The van der Waals surface area contributed by atoms with Crippen LogP contribution in [0.5, 0.6) is 0 Å². The molecule has 0 radical (unpaired) electrons. The van der Waals surface area contributed by atoms with Crippen molar-refractivity contribution in [2.75, 3.05) is 12.3 Å². The maximum absolute atomic E-state index is 11.7. The number of rotatable bonds is 6. The highest BCUT2D eigenvalue weighted by Gasteiger charge is 2.27. The molecule has 0 heterocycles. The quantitative estimate of drug-likeness (QED) is 0.810. The third-order valence-corrected chi connectivity index (χ3v) is 6.40. The molecule has 0 aliphatic heterocycles. The standard InChI is InChI=1S/C14H29NO2S/c1-11(2)13-7-5-6-8-14(13)15-9-10-18(16,17)12(3)4/h11-15H,5-10H2,1-4H3. The van der Waals surface area contributed by atoms with Gasteiger partial charge in [0, 0.05) is 12.6 Å². The van der Waals surface area contributed by atoms with Gasteiger partial charge in [0.05, 0.1) is 11.0 Å². The van der Waals surface area contributed by atoms with Crippen molar-refractivity contribution in [1.82, 2.24) is 5.32 Å². The zero-order valence-electron chi connectivity index (χ0n) is 12.3. The molecule has 2 atom stereocenters. The van der Waals surface area contributed by atoms with Crippen LogP contribution in [0.4, 0.5) is 0 Å². The van der Waals surface area contributed by atoms with Gasteiger partial charge in [-0.3, -0.25) is 0 Å². The molecule has 1 N–H and O–H groups in total. The maximum atomic E-state index is 11.7. The topological polar surface area (TPSA) is 46.2 Å². The molecule has 0 amide bonds. The van der Waals surface area contributed by atoms with Crippen molar-refractivity contribution in [2.45, 2.75) is 64.7 Å². The van der Waals surface area contributed by atoms with Gasteiger partial charge in [-0.1, -0.05) is 26.7 Å². The summed E-state index contributed by atoms with van der Waals surface area (Å²) in [5.74, 6) is 1.66. The van der Waals surface area contributed by atoms with Gasteiger partial charge >= 0.3 is 0 Å². The predicted octanol–water partition coefficient (Wildman–Crippen LogP) is 2.61. The summed E-state index contributed by atoms with van der Waals surface area (Å²) in [7, 11) is -2.90. The molecule has 1 saturated carbocycles. The predicted molar refractivity (Wildman–Crippen MR) is 77.5 cm³/mol. The van der Waals surface area contributed by atoms with E-state index in [1.807, 2.05) is 0 Å². The lowest BCUT2D eigenvalue weighted by atomic mass is 9.78. The van der Waals surface area contributed by atoms with E-state index in [4.69, 9.17) is 0 Å². The molecular formula is C14H29NO2S. The van der Waals surface area contributed by atoms with Gasteiger partial charge in [0.1, 0.15) is 0 Å². The summed E-state index contributed by atoms with van der Waals surface area (Å²) >= 11 is 0. The number of nitrogens with one attached hydrogen (secondary N) is 1. The van der Waals surface area contributed by atoms with Crippen molar-refractivity contribution < 1.29 is 8.42 Å². The third kappa shape index (κ3) is 4.54. The van der Waals surface area contributed by atoms with E-state index in [0.29, 0.717) is 24.4 Å². The summed E-state index contributed by atoms with van der Waals surface area (Å²) in [6.45, 7) is 8.67. The Balaban J connectivity index is 2.42. The molecule has 1 fully saturated rings.